The summed E-state index contributed by atoms with van der Waals surface area (Å²) in [5.74, 6) is -0.362. The zero-order valence-electron chi connectivity index (χ0n) is 10.8. The van der Waals surface area contributed by atoms with Crippen LogP contribution < -0.4 is 4.31 Å². The molecule has 0 aliphatic heterocycles. The van der Waals surface area contributed by atoms with E-state index in [1.165, 1.54) is 11.4 Å². The van der Waals surface area contributed by atoms with Crippen LogP contribution >= 0.6 is 11.6 Å². The summed E-state index contributed by atoms with van der Waals surface area (Å²) < 4.78 is 29.2. The third kappa shape index (κ3) is 5.08. The van der Waals surface area contributed by atoms with Gasteiger partial charge in [0, 0.05) is 18.0 Å². The van der Waals surface area contributed by atoms with Gasteiger partial charge in [0.25, 0.3) is 0 Å². The van der Waals surface area contributed by atoms with Crippen LogP contribution in [0.1, 0.15) is 12.8 Å². The molecule has 0 N–H and O–H groups in total. The SMILES string of the molecule is COC(=O)CCCN(c1cccc(Cl)c1)S(C)(=O)=O. The number of anilines is 1. The minimum absolute atomic E-state index is 0.170. The van der Waals surface area contributed by atoms with Crippen molar-refractivity contribution in [2.75, 3.05) is 24.2 Å². The second kappa shape index (κ2) is 6.77. The minimum Gasteiger partial charge on any atom is -0.469 e. The molecule has 0 saturated heterocycles. The highest BCUT2D eigenvalue weighted by atomic mass is 35.5. The van der Waals surface area contributed by atoms with Gasteiger partial charge in [0.2, 0.25) is 10.0 Å². The first-order valence-corrected chi connectivity index (χ1v) is 7.87. The van der Waals surface area contributed by atoms with Crippen LogP contribution in [0.5, 0.6) is 0 Å². The van der Waals surface area contributed by atoms with Gasteiger partial charge < -0.3 is 4.74 Å². The standard InChI is InChI=1S/C12H16ClNO4S/c1-18-12(15)7-4-8-14(19(2,16)17)11-6-3-5-10(13)9-11/h3,5-6,9H,4,7-8H2,1-2H3. The molecule has 1 aromatic rings. The van der Waals surface area contributed by atoms with Crippen molar-refractivity contribution in [2.45, 2.75) is 12.8 Å². The van der Waals surface area contributed by atoms with Gasteiger partial charge in [-0.25, -0.2) is 8.42 Å². The molecule has 0 aliphatic carbocycles. The van der Waals surface area contributed by atoms with Gasteiger partial charge in [-0.2, -0.15) is 0 Å². The Labute approximate surface area is 118 Å². The number of benzene rings is 1. The second-order valence-corrected chi connectivity index (χ2v) is 6.34. The van der Waals surface area contributed by atoms with Crippen molar-refractivity contribution in [3.8, 4) is 0 Å². The Hall–Kier alpha value is -1.27. The predicted octanol–water partition coefficient (Wildman–Crippen LogP) is 2.06. The molecule has 0 heterocycles. The molecule has 0 atom stereocenters. The van der Waals surface area contributed by atoms with E-state index in [0.29, 0.717) is 17.1 Å². The number of rotatable bonds is 6. The van der Waals surface area contributed by atoms with Crippen LogP contribution in [-0.2, 0) is 19.6 Å². The molecule has 19 heavy (non-hydrogen) atoms. The molecule has 7 heteroatoms. The summed E-state index contributed by atoms with van der Waals surface area (Å²) in [5, 5.41) is 0.458. The molecule has 0 unspecified atom stereocenters. The van der Waals surface area contributed by atoms with Gasteiger partial charge in [0.1, 0.15) is 0 Å². The molecule has 0 fully saturated rings. The Morgan fingerprint density at radius 2 is 2.11 bits per heavy atom. The first-order chi connectivity index (χ1) is 8.84. The first kappa shape index (κ1) is 15.8. The third-order valence-electron chi connectivity index (χ3n) is 2.47. The van der Waals surface area contributed by atoms with Crippen LogP contribution in [0.4, 0.5) is 5.69 Å². The summed E-state index contributed by atoms with van der Waals surface area (Å²) >= 11 is 5.85. The fourth-order valence-electron chi connectivity index (χ4n) is 1.59. The van der Waals surface area contributed by atoms with Gasteiger partial charge in [-0.05, 0) is 24.6 Å². The van der Waals surface area contributed by atoms with Crippen molar-refractivity contribution in [1.82, 2.24) is 0 Å². The summed E-state index contributed by atoms with van der Waals surface area (Å²) in [6.07, 6.45) is 1.67. The lowest BCUT2D eigenvalue weighted by Gasteiger charge is -2.22. The lowest BCUT2D eigenvalue weighted by molar-refractivity contribution is -0.140. The first-order valence-electron chi connectivity index (χ1n) is 5.64. The average molecular weight is 306 g/mol. The number of esters is 1. The molecule has 1 rings (SSSR count). The predicted molar refractivity (Wildman–Crippen MR) is 74.9 cm³/mol. The zero-order chi connectivity index (χ0) is 14.5. The number of methoxy groups -OCH3 is 1. The van der Waals surface area contributed by atoms with Gasteiger partial charge >= 0.3 is 5.97 Å². The Kier molecular flexibility index (Phi) is 5.62. The lowest BCUT2D eigenvalue weighted by atomic mass is 10.3. The molecule has 0 aliphatic rings. The largest absolute Gasteiger partial charge is 0.469 e. The minimum atomic E-state index is -3.42. The molecule has 106 valence electrons. The van der Waals surface area contributed by atoms with Crippen LogP contribution in [0.3, 0.4) is 0 Å². The average Bonchev–Trinajstić information content (AvgIpc) is 2.32. The number of hydrogen-bond acceptors (Lipinski definition) is 4. The maximum Gasteiger partial charge on any atom is 0.305 e. The zero-order valence-corrected chi connectivity index (χ0v) is 12.4. The number of nitrogens with zero attached hydrogens (tertiary/aromatic N) is 1. The monoisotopic (exact) mass is 305 g/mol. The highest BCUT2D eigenvalue weighted by molar-refractivity contribution is 7.92. The maximum atomic E-state index is 11.8. The maximum absolute atomic E-state index is 11.8. The van der Waals surface area contributed by atoms with Gasteiger partial charge in [0.05, 0.1) is 19.1 Å². The Morgan fingerprint density at radius 3 is 2.63 bits per heavy atom. The van der Waals surface area contributed by atoms with Crippen molar-refractivity contribution in [3.63, 3.8) is 0 Å². The van der Waals surface area contributed by atoms with E-state index in [1.54, 1.807) is 24.3 Å². The van der Waals surface area contributed by atoms with E-state index in [1.807, 2.05) is 0 Å². The number of sulfonamides is 1. The molecule has 1 aromatic carbocycles. The second-order valence-electron chi connectivity index (χ2n) is 3.99. The van der Waals surface area contributed by atoms with E-state index in [-0.39, 0.29) is 18.9 Å². The van der Waals surface area contributed by atoms with Crippen molar-refractivity contribution in [1.29, 1.82) is 0 Å². The molecular formula is C12H16ClNO4S. The molecule has 0 amide bonds. The fourth-order valence-corrected chi connectivity index (χ4v) is 2.73. The van der Waals surface area contributed by atoms with E-state index in [9.17, 15) is 13.2 Å². The smallest absolute Gasteiger partial charge is 0.305 e. The molecule has 5 nitrogen and oxygen atoms in total. The van der Waals surface area contributed by atoms with E-state index in [0.717, 1.165) is 6.26 Å². The van der Waals surface area contributed by atoms with Gasteiger partial charge in [0.15, 0.2) is 0 Å². The fraction of sp³-hybridized carbons (Fsp3) is 0.417. The molecule has 0 spiro atoms. The van der Waals surface area contributed by atoms with E-state index >= 15 is 0 Å². The Morgan fingerprint density at radius 1 is 1.42 bits per heavy atom. The number of carbonyl (C=O) groups is 1. The highest BCUT2D eigenvalue weighted by Crippen LogP contribution is 2.22. The highest BCUT2D eigenvalue weighted by Gasteiger charge is 2.17. The third-order valence-corrected chi connectivity index (χ3v) is 3.90. The van der Waals surface area contributed by atoms with Crippen LogP contribution in [-0.4, -0.2) is 34.3 Å². The van der Waals surface area contributed by atoms with Crippen molar-refractivity contribution < 1.29 is 17.9 Å². The molecular weight excluding hydrogens is 290 g/mol. The Bertz CT molecular complexity index is 544. The van der Waals surface area contributed by atoms with Crippen LogP contribution in [0.25, 0.3) is 0 Å². The summed E-state index contributed by atoms with van der Waals surface area (Å²) in [5.41, 5.74) is 0.486. The summed E-state index contributed by atoms with van der Waals surface area (Å²) in [4.78, 5) is 11.0. The quantitative estimate of drug-likeness (QED) is 0.755. The number of halogens is 1. The topological polar surface area (TPSA) is 63.7 Å². The Balaban J connectivity index is 2.83. The summed E-state index contributed by atoms with van der Waals surface area (Å²) in [7, 11) is -2.12. The normalized spacial score (nSPS) is 11.1. The van der Waals surface area contributed by atoms with Gasteiger partial charge in [-0.15, -0.1) is 0 Å². The van der Waals surface area contributed by atoms with Crippen LogP contribution in [0, 0.1) is 0 Å². The summed E-state index contributed by atoms with van der Waals surface area (Å²) in [6.45, 7) is 0.203. The molecule has 0 aromatic heterocycles. The van der Waals surface area contributed by atoms with E-state index in [2.05, 4.69) is 4.74 Å². The van der Waals surface area contributed by atoms with Gasteiger partial charge in [-0.1, -0.05) is 17.7 Å². The summed E-state index contributed by atoms with van der Waals surface area (Å²) in [6, 6.07) is 6.57. The molecule has 0 bridgehead atoms. The molecule has 0 saturated carbocycles. The van der Waals surface area contributed by atoms with Gasteiger partial charge in [-0.3, -0.25) is 9.10 Å². The van der Waals surface area contributed by atoms with E-state index < -0.39 is 10.0 Å². The number of carbonyl (C=O) groups excluding carboxylic acids is 1. The van der Waals surface area contributed by atoms with Crippen molar-refractivity contribution in [3.05, 3.63) is 29.3 Å². The molecule has 0 radical (unpaired) electrons. The van der Waals surface area contributed by atoms with Crippen LogP contribution in [0.2, 0.25) is 5.02 Å². The van der Waals surface area contributed by atoms with Crippen LogP contribution in [0.15, 0.2) is 24.3 Å². The van der Waals surface area contributed by atoms with Crippen molar-refractivity contribution >= 4 is 33.3 Å². The lowest BCUT2D eigenvalue weighted by Crippen LogP contribution is -2.31. The van der Waals surface area contributed by atoms with Crippen molar-refractivity contribution in [2.24, 2.45) is 0 Å². The van der Waals surface area contributed by atoms with E-state index in [4.69, 9.17) is 11.6 Å². The number of ether oxygens (including phenoxy) is 1. The number of hydrogen-bond donors (Lipinski definition) is 0.